The van der Waals surface area contributed by atoms with Crippen LogP contribution in [0.4, 0.5) is 10.3 Å². The normalized spacial score (nSPS) is 17.4. The number of amides is 1. The molecule has 1 aromatic heterocycles. The fourth-order valence-corrected chi connectivity index (χ4v) is 3.50. The molecule has 1 amide bonds. The number of carbonyl (C=O) groups is 2. The van der Waals surface area contributed by atoms with Crippen molar-refractivity contribution in [1.82, 2.24) is 9.97 Å². The van der Waals surface area contributed by atoms with Crippen molar-refractivity contribution in [1.29, 1.82) is 0 Å². The maximum absolute atomic E-state index is 14.7. The first-order valence-electron chi connectivity index (χ1n) is 9.21. The number of para-hydroxylation sites is 2. The Hall–Kier alpha value is -3.48. The summed E-state index contributed by atoms with van der Waals surface area (Å²) in [6, 6.07) is 11.9. The van der Waals surface area contributed by atoms with E-state index in [1.807, 2.05) is 6.07 Å². The molecule has 29 heavy (non-hydrogen) atoms. The molecule has 0 saturated heterocycles. The predicted octanol–water partition coefficient (Wildman–Crippen LogP) is 4.22. The molecule has 2 aromatic carbocycles. The molecule has 0 aliphatic carbocycles. The summed E-state index contributed by atoms with van der Waals surface area (Å²) in [6.45, 7) is 5.05. The third-order valence-corrected chi connectivity index (χ3v) is 4.94. The number of halogens is 1. The second-order valence-corrected chi connectivity index (χ2v) is 8.02. The van der Waals surface area contributed by atoms with Gasteiger partial charge in [0.1, 0.15) is 11.9 Å². The molecule has 0 radical (unpaired) electrons. The lowest BCUT2D eigenvalue weighted by molar-refractivity contribution is -0.123. The molecule has 1 aliphatic rings. The number of Topliss-reactive ketones (excluding diaryl/α,β-unsaturated/α-hetero) is 1. The van der Waals surface area contributed by atoms with Gasteiger partial charge in [0.2, 0.25) is 5.95 Å². The first kappa shape index (κ1) is 18.9. The van der Waals surface area contributed by atoms with E-state index in [0.717, 1.165) is 4.90 Å². The van der Waals surface area contributed by atoms with E-state index in [1.165, 1.54) is 18.2 Å². The summed E-state index contributed by atoms with van der Waals surface area (Å²) in [5, 5.41) is 10.6. The van der Waals surface area contributed by atoms with Gasteiger partial charge in [-0.05, 0) is 18.2 Å². The van der Waals surface area contributed by atoms with Gasteiger partial charge in [-0.3, -0.25) is 14.5 Å². The van der Waals surface area contributed by atoms with Crippen molar-refractivity contribution >= 4 is 28.7 Å². The van der Waals surface area contributed by atoms with Gasteiger partial charge >= 0.3 is 0 Å². The molecule has 0 fully saturated rings. The Bertz CT molecular complexity index is 1140. The highest BCUT2D eigenvalue weighted by atomic mass is 19.1. The van der Waals surface area contributed by atoms with Crippen LogP contribution in [0.3, 0.4) is 0 Å². The van der Waals surface area contributed by atoms with Crippen LogP contribution in [0.1, 0.15) is 32.4 Å². The van der Waals surface area contributed by atoms with Gasteiger partial charge in [0.15, 0.2) is 11.5 Å². The molecule has 0 saturated carbocycles. The number of aromatic amines is 1. The molecule has 4 rings (SSSR count). The minimum atomic E-state index is -1.13. The molecular weight excluding hydrogens is 373 g/mol. The minimum absolute atomic E-state index is 0.109. The number of nitrogens with one attached hydrogen (secondary N) is 1. The van der Waals surface area contributed by atoms with Gasteiger partial charge < -0.3 is 10.1 Å². The van der Waals surface area contributed by atoms with Crippen molar-refractivity contribution in [3.63, 3.8) is 0 Å². The van der Waals surface area contributed by atoms with Gasteiger partial charge in [-0.2, -0.15) is 0 Å². The zero-order valence-corrected chi connectivity index (χ0v) is 16.2. The van der Waals surface area contributed by atoms with E-state index < -0.39 is 34.7 Å². The molecule has 0 spiro atoms. The lowest BCUT2D eigenvalue weighted by atomic mass is 9.82. The average molecular weight is 393 g/mol. The monoisotopic (exact) mass is 393 g/mol. The van der Waals surface area contributed by atoms with Crippen molar-refractivity contribution < 1.29 is 19.1 Å². The zero-order valence-electron chi connectivity index (χ0n) is 16.2. The highest BCUT2D eigenvalue weighted by Crippen LogP contribution is 2.43. The minimum Gasteiger partial charge on any atom is -0.503 e. The number of hydrogen-bond acceptors (Lipinski definition) is 4. The Morgan fingerprint density at radius 1 is 1.14 bits per heavy atom. The summed E-state index contributed by atoms with van der Waals surface area (Å²) < 4.78 is 14.7. The number of H-pyrrole nitrogens is 1. The molecule has 7 heteroatoms. The molecule has 2 heterocycles. The van der Waals surface area contributed by atoms with Crippen LogP contribution in [0.2, 0.25) is 0 Å². The number of carbonyl (C=O) groups excluding carboxylic acids is 2. The van der Waals surface area contributed by atoms with Crippen molar-refractivity contribution in [2.24, 2.45) is 5.41 Å². The van der Waals surface area contributed by atoms with E-state index in [2.05, 4.69) is 9.97 Å². The Labute approximate surface area is 166 Å². The quantitative estimate of drug-likeness (QED) is 0.698. The van der Waals surface area contributed by atoms with Crippen LogP contribution >= 0.6 is 0 Å². The van der Waals surface area contributed by atoms with E-state index in [0.29, 0.717) is 11.0 Å². The van der Waals surface area contributed by atoms with E-state index in [4.69, 9.17) is 0 Å². The van der Waals surface area contributed by atoms with Crippen molar-refractivity contribution in [2.45, 2.75) is 26.8 Å². The smallest absolute Gasteiger partial charge is 0.296 e. The second kappa shape index (κ2) is 6.55. The Balaban J connectivity index is 1.94. The van der Waals surface area contributed by atoms with E-state index >= 15 is 0 Å². The highest BCUT2D eigenvalue weighted by molar-refractivity contribution is 6.17. The van der Waals surface area contributed by atoms with Gasteiger partial charge in [-0.25, -0.2) is 9.37 Å². The van der Waals surface area contributed by atoms with Crippen LogP contribution in [0.15, 0.2) is 59.9 Å². The van der Waals surface area contributed by atoms with Crippen molar-refractivity contribution in [3.05, 3.63) is 71.2 Å². The number of rotatable bonds is 3. The number of benzene rings is 2. The summed E-state index contributed by atoms with van der Waals surface area (Å²) in [4.78, 5) is 34.7. The molecule has 2 N–H and O–H groups in total. The van der Waals surface area contributed by atoms with Gasteiger partial charge in [-0.1, -0.05) is 51.1 Å². The molecule has 1 atom stereocenters. The van der Waals surface area contributed by atoms with E-state index in [1.54, 1.807) is 45.0 Å². The van der Waals surface area contributed by atoms with Crippen LogP contribution in [0.25, 0.3) is 11.0 Å². The number of aliphatic hydroxyl groups excluding tert-OH is 1. The summed E-state index contributed by atoms with van der Waals surface area (Å²) in [6.07, 6.45) is 0. The maximum atomic E-state index is 14.7. The molecule has 148 valence electrons. The number of nitrogens with zero attached hydrogens (tertiary/aromatic N) is 2. The molecule has 1 aliphatic heterocycles. The third-order valence-electron chi connectivity index (χ3n) is 4.94. The predicted molar refractivity (Wildman–Crippen MR) is 107 cm³/mol. The van der Waals surface area contributed by atoms with E-state index in [9.17, 15) is 19.1 Å². The topological polar surface area (TPSA) is 86.3 Å². The van der Waals surface area contributed by atoms with Crippen molar-refractivity contribution in [3.8, 4) is 0 Å². The highest BCUT2D eigenvalue weighted by Gasteiger charge is 2.48. The lowest BCUT2D eigenvalue weighted by Gasteiger charge is -2.27. The fraction of sp³-hybridized carbons (Fsp3) is 0.227. The maximum Gasteiger partial charge on any atom is 0.296 e. The number of anilines is 1. The molecular formula is C22H20FN3O3. The van der Waals surface area contributed by atoms with Crippen LogP contribution in [0.5, 0.6) is 0 Å². The van der Waals surface area contributed by atoms with Gasteiger partial charge in [-0.15, -0.1) is 0 Å². The number of fused-ring (bicyclic) bond motifs is 1. The van der Waals surface area contributed by atoms with Gasteiger partial charge in [0, 0.05) is 11.0 Å². The third kappa shape index (κ3) is 2.99. The van der Waals surface area contributed by atoms with Crippen molar-refractivity contribution in [2.75, 3.05) is 4.90 Å². The number of hydrogen-bond donors (Lipinski definition) is 2. The Morgan fingerprint density at radius 2 is 1.79 bits per heavy atom. The summed E-state index contributed by atoms with van der Waals surface area (Å²) in [7, 11) is 0. The number of imidazole rings is 1. The van der Waals surface area contributed by atoms with Gasteiger partial charge in [0.05, 0.1) is 16.6 Å². The average Bonchev–Trinajstić information content (AvgIpc) is 3.20. The fourth-order valence-electron chi connectivity index (χ4n) is 3.50. The SMILES string of the molecule is CC(C)(C)C(=O)C1=C(O)C(=O)N(c2nc3ccccc3[nH]2)C1c1ccccc1F. The number of aliphatic hydroxyl groups is 1. The molecule has 1 unspecified atom stereocenters. The van der Waals surface area contributed by atoms with Crippen LogP contribution in [-0.4, -0.2) is 26.8 Å². The van der Waals surface area contributed by atoms with Crippen LogP contribution < -0.4 is 4.90 Å². The first-order valence-corrected chi connectivity index (χ1v) is 9.21. The summed E-state index contributed by atoms with van der Waals surface area (Å²) >= 11 is 0. The lowest BCUT2D eigenvalue weighted by Crippen LogP contribution is -2.34. The summed E-state index contributed by atoms with van der Waals surface area (Å²) in [5.74, 6) is -2.37. The second-order valence-electron chi connectivity index (χ2n) is 8.02. The first-order chi connectivity index (χ1) is 13.7. The number of ketones is 1. The molecule has 3 aromatic rings. The Kier molecular flexibility index (Phi) is 4.26. The molecule has 0 bridgehead atoms. The zero-order chi connectivity index (χ0) is 20.9. The van der Waals surface area contributed by atoms with Gasteiger partial charge in [0.25, 0.3) is 5.91 Å². The summed E-state index contributed by atoms with van der Waals surface area (Å²) in [5.41, 5.74) is 0.387. The Morgan fingerprint density at radius 3 is 2.45 bits per heavy atom. The standard InChI is InChI=1S/C22H20FN3O3/c1-22(2,3)19(28)16-17(12-8-4-5-9-13(12)23)26(20(29)18(16)27)21-24-14-10-6-7-11-15(14)25-21/h4-11,17,27H,1-3H3,(H,24,25). The van der Waals surface area contributed by atoms with Crippen LogP contribution in [0, 0.1) is 11.2 Å². The molecule has 6 nitrogen and oxygen atoms in total. The van der Waals surface area contributed by atoms with Crippen LogP contribution in [-0.2, 0) is 9.59 Å². The number of aromatic nitrogens is 2. The largest absolute Gasteiger partial charge is 0.503 e. The van der Waals surface area contributed by atoms with E-state index in [-0.39, 0.29) is 17.1 Å².